The maximum absolute atomic E-state index is 12.3. The van der Waals surface area contributed by atoms with E-state index >= 15 is 0 Å². The van der Waals surface area contributed by atoms with Crippen LogP contribution in [0.5, 0.6) is 0 Å². The Morgan fingerprint density at radius 3 is 2.62 bits per heavy atom. The third-order valence-electron chi connectivity index (χ3n) is 4.48. The number of ketones is 1. The van der Waals surface area contributed by atoms with Crippen LogP contribution >= 0.6 is 0 Å². The summed E-state index contributed by atoms with van der Waals surface area (Å²) in [6, 6.07) is 7.76. The zero-order chi connectivity index (χ0) is 17.2. The van der Waals surface area contributed by atoms with Gasteiger partial charge < -0.3 is 10.1 Å². The van der Waals surface area contributed by atoms with Crippen LogP contribution in [0.4, 0.5) is 4.79 Å². The lowest BCUT2D eigenvalue weighted by Gasteiger charge is -2.09. The lowest BCUT2D eigenvalue weighted by atomic mass is 9.99. The standard InChI is InChI=1S/C20H29NO3/c1-2-3-4-5-6-7-8-12-19(22)17-11-9-10-16(13-17)14-18-15-24-20(23)21-18/h9-11,13,18H,2-8,12,14-15H2,1H3,(H,21,23)/t18-/m0/s1. The summed E-state index contributed by atoms with van der Waals surface area (Å²) in [7, 11) is 0. The van der Waals surface area contributed by atoms with E-state index in [1.807, 2.05) is 24.3 Å². The Labute approximate surface area is 145 Å². The first-order chi connectivity index (χ1) is 11.7. The lowest BCUT2D eigenvalue weighted by molar-refractivity contribution is 0.0979. The summed E-state index contributed by atoms with van der Waals surface area (Å²) in [4.78, 5) is 23.4. The quantitative estimate of drug-likeness (QED) is 0.474. The first kappa shape index (κ1) is 18.5. The Balaban J connectivity index is 1.72. The van der Waals surface area contributed by atoms with Gasteiger partial charge in [0.2, 0.25) is 0 Å². The minimum atomic E-state index is -0.355. The van der Waals surface area contributed by atoms with Crippen LogP contribution in [0.25, 0.3) is 0 Å². The van der Waals surface area contributed by atoms with Gasteiger partial charge in [0.05, 0.1) is 6.04 Å². The van der Waals surface area contributed by atoms with Gasteiger partial charge in [-0.3, -0.25) is 4.79 Å². The average molecular weight is 331 g/mol. The molecule has 1 atom stereocenters. The number of amides is 1. The number of cyclic esters (lactones) is 1. The molecule has 24 heavy (non-hydrogen) atoms. The van der Waals surface area contributed by atoms with E-state index in [-0.39, 0.29) is 17.9 Å². The molecule has 1 fully saturated rings. The van der Waals surface area contributed by atoms with Crippen LogP contribution < -0.4 is 5.32 Å². The number of Topliss-reactive ketones (excluding diaryl/α,β-unsaturated/α-hetero) is 1. The fraction of sp³-hybridized carbons (Fsp3) is 0.600. The fourth-order valence-corrected chi connectivity index (χ4v) is 3.08. The van der Waals surface area contributed by atoms with Gasteiger partial charge in [0.1, 0.15) is 6.61 Å². The van der Waals surface area contributed by atoms with Crippen molar-refractivity contribution in [2.24, 2.45) is 0 Å². The summed E-state index contributed by atoms with van der Waals surface area (Å²) in [6.07, 6.45) is 9.50. The van der Waals surface area contributed by atoms with Crippen molar-refractivity contribution in [3.8, 4) is 0 Å². The molecule has 2 rings (SSSR count). The van der Waals surface area contributed by atoms with E-state index in [0.29, 0.717) is 19.4 Å². The molecule has 0 spiro atoms. The molecular formula is C20H29NO3. The Bertz CT molecular complexity index is 541. The molecule has 0 radical (unpaired) electrons. The van der Waals surface area contributed by atoms with Gasteiger partial charge in [-0.25, -0.2) is 4.79 Å². The second-order valence-corrected chi connectivity index (χ2v) is 6.64. The number of benzene rings is 1. The van der Waals surface area contributed by atoms with Gasteiger partial charge >= 0.3 is 6.09 Å². The van der Waals surface area contributed by atoms with Crippen molar-refractivity contribution in [1.29, 1.82) is 0 Å². The molecule has 0 aliphatic carbocycles. The zero-order valence-electron chi connectivity index (χ0n) is 14.7. The van der Waals surface area contributed by atoms with Crippen LogP contribution in [0.1, 0.15) is 74.2 Å². The Morgan fingerprint density at radius 1 is 1.17 bits per heavy atom. The second-order valence-electron chi connectivity index (χ2n) is 6.64. The summed E-state index contributed by atoms with van der Waals surface area (Å²) in [5.41, 5.74) is 1.85. The van der Waals surface area contributed by atoms with Crippen molar-refractivity contribution < 1.29 is 14.3 Å². The summed E-state index contributed by atoms with van der Waals surface area (Å²) in [5, 5.41) is 2.77. The Morgan fingerprint density at radius 2 is 1.92 bits per heavy atom. The van der Waals surface area contributed by atoms with Crippen molar-refractivity contribution >= 4 is 11.9 Å². The maximum Gasteiger partial charge on any atom is 0.407 e. The van der Waals surface area contributed by atoms with Gasteiger partial charge in [-0.1, -0.05) is 63.6 Å². The van der Waals surface area contributed by atoms with Gasteiger partial charge in [-0.05, 0) is 24.5 Å². The number of carbonyl (C=O) groups is 2. The average Bonchev–Trinajstić information content (AvgIpc) is 2.99. The van der Waals surface area contributed by atoms with Crippen molar-refractivity contribution in [3.63, 3.8) is 0 Å². The normalized spacial score (nSPS) is 16.7. The van der Waals surface area contributed by atoms with E-state index < -0.39 is 0 Å². The van der Waals surface area contributed by atoms with Crippen LogP contribution in [-0.4, -0.2) is 24.5 Å². The number of rotatable bonds is 11. The Kier molecular flexibility index (Phi) is 7.80. The third kappa shape index (κ3) is 6.34. The second kappa shape index (κ2) is 10.1. The molecule has 1 saturated heterocycles. The molecule has 132 valence electrons. The SMILES string of the molecule is CCCCCCCCCC(=O)c1cccc(C[C@H]2COC(=O)N2)c1. The molecule has 1 aliphatic heterocycles. The van der Waals surface area contributed by atoms with Gasteiger partial charge in [0.15, 0.2) is 5.78 Å². The van der Waals surface area contributed by atoms with E-state index in [2.05, 4.69) is 12.2 Å². The molecule has 1 aromatic carbocycles. The minimum Gasteiger partial charge on any atom is -0.447 e. The summed E-state index contributed by atoms with van der Waals surface area (Å²) in [5.74, 6) is 0.220. The Hall–Kier alpha value is -1.84. The van der Waals surface area contributed by atoms with Crippen LogP contribution in [-0.2, 0) is 11.2 Å². The molecule has 1 aromatic rings. The van der Waals surface area contributed by atoms with Crippen LogP contribution in [0.15, 0.2) is 24.3 Å². The van der Waals surface area contributed by atoms with Crippen molar-refractivity contribution in [2.45, 2.75) is 70.8 Å². The molecule has 4 nitrogen and oxygen atoms in total. The molecular weight excluding hydrogens is 302 g/mol. The van der Waals surface area contributed by atoms with Crippen LogP contribution in [0, 0.1) is 0 Å². The predicted octanol–water partition coefficient (Wildman–Crippen LogP) is 4.66. The molecule has 0 aromatic heterocycles. The third-order valence-corrected chi connectivity index (χ3v) is 4.48. The largest absolute Gasteiger partial charge is 0.447 e. The number of hydrogen-bond acceptors (Lipinski definition) is 3. The molecule has 1 aliphatic rings. The predicted molar refractivity (Wildman–Crippen MR) is 95.4 cm³/mol. The highest BCUT2D eigenvalue weighted by molar-refractivity contribution is 5.96. The minimum absolute atomic E-state index is 0.00553. The van der Waals surface area contributed by atoms with E-state index in [9.17, 15) is 9.59 Å². The first-order valence-corrected chi connectivity index (χ1v) is 9.24. The lowest BCUT2D eigenvalue weighted by Crippen LogP contribution is -2.28. The number of carbonyl (C=O) groups excluding carboxylic acids is 2. The maximum atomic E-state index is 12.3. The fourth-order valence-electron chi connectivity index (χ4n) is 3.08. The number of unbranched alkanes of at least 4 members (excludes halogenated alkanes) is 6. The summed E-state index contributed by atoms with van der Waals surface area (Å²) < 4.78 is 4.90. The van der Waals surface area contributed by atoms with Gasteiger partial charge in [-0.2, -0.15) is 0 Å². The highest BCUT2D eigenvalue weighted by Crippen LogP contribution is 2.14. The van der Waals surface area contributed by atoms with Crippen LogP contribution in [0.3, 0.4) is 0 Å². The van der Waals surface area contributed by atoms with Gasteiger partial charge in [0, 0.05) is 12.0 Å². The smallest absolute Gasteiger partial charge is 0.407 e. The van der Waals surface area contributed by atoms with Gasteiger partial charge in [0.25, 0.3) is 0 Å². The highest BCUT2D eigenvalue weighted by Gasteiger charge is 2.22. The van der Waals surface area contributed by atoms with Gasteiger partial charge in [-0.15, -0.1) is 0 Å². The molecule has 1 N–H and O–H groups in total. The first-order valence-electron chi connectivity index (χ1n) is 9.24. The topological polar surface area (TPSA) is 55.4 Å². The van der Waals surface area contributed by atoms with E-state index in [1.54, 1.807) is 0 Å². The molecule has 1 heterocycles. The molecule has 4 heteroatoms. The molecule has 0 saturated carbocycles. The van der Waals surface area contributed by atoms with E-state index in [1.165, 1.54) is 32.1 Å². The van der Waals surface area contributed by atoms with E-state index in [4.69, 9.17) is 4.74 Å². The van der Waals surface area contributed by atoms with Crippen molar-refractivity contribution in [3.05, 3.63) is 35.4 Å². The molecule has 1 amide bonds. The zero-order valence-corrected chi connectivity index (χ0v) is 14.7. The van der Waals surface area contributed by atoms with Crippen molar-refractivity contribution in [2.75, 3.05) is 6.61 Å². The number of ether oxygens (including phenoxy) is 1. The number of nitrogens with one attached hydrogen (secondary N) is 1. The summed E-state index contributed by atoms with van der Waals surface area (Å²) >= 11 is 0. The highest BCUT2D eigenvalue weighted by atomic mass is 16.6. The monoisotopic (exact) mass is 331 g/mol. The summed E-state index contributed by atoms with van der Waals surface area (Å²) in [6.45, 7) is 2.62. The van der Waals surface area contributed by atoms with Crippen LogP contribution in [0.2, 0.25) is 0 Å². The number of hydrogen-bond donors (Lipinski definition) is 1. The van der Waals surface area contributed by atoms with E-state index in [0.717, 1.165) is 24.0 Å². The molecule has 0 unspecified atom stereocenters. The van der Waals surface area contributed by atoms with Crippen molar-refractivity contribution in [1.82, 2.24) is 5.32 Å². The molecule has 0 bridgehead atoms. The number of alkyl carbamates (subject to hydrolysis) is 1.